The quantitative estimate of drug-likeness (QED) is 0.867. The Kier molecular flexibility index (Phi) is 5.20. The first-order valence-corrected chi connectivity index (χ1v) is 5.91. The third kappa shape index (κ3) is 4.40. The number of carbonyl (C=O) groups excluding carboxylic acids is 1. The maximum Gasteiger partial charge on any atom is 0.416 e. The predicted molar refractivity (Wildman–Crippen MR) is 64.6 cm³/mol. The molecule has 0 spiro atoms. The second kappa shape index (κ2) is 6.25. The summed E-state index contributed by atoms with van der Waals surface area (Å²) in [6, 6.07) is 1.90. The van der Waals surface area contributed by atoms with Crippen LogP contribution in [0.15, 0.2) is 18.2 Å². The molecule has 0 aliphatic carbocycles. The van der Waals surface area contributed by atoms with Gasteiger partial charge in [0.05, 0.1) is 18.6 Å². The Hall–Kier alpha value is -1.27. The van der Waals surface area contributed by atoms with E-state index in [0.29, 0.717) is 0 Å². The standard InChI is InChI=1S/C12H13ClF3NO2/c1-2-19-11(18)6-10(17)8-5-7(12(14,15)16)3-4-9(8)13/h3-5,10H,2,6,17H2,1H3/t10-/m0/s1. The number of benzene rings is 1. The highest BCUT2D eigenvalue weighted by molar-refractivity contribution is 6.31. The highest BCUT2D eigenvalue weighted by Gasteiger charge is 2.31. The summed E-state index contributed by atoms with van der Waals surface area (Å²) in [6.07, 6.45) is -4.71. The van der Waals surface area contributed by atoms with Crippen LogP contribution in [-0.4, -0.2) is 12.6 Å². The molecule has 1 aromatic rings. The number of carbonyl (C=O) groups is 1. The minimum Gasteiger partial charge on any atom is -0.466 e. The summed E-state index contributed by atoms with van der Waals surface area (Å²) in [5.74, 6) is -0.580. The number of alkyl halides is 3. The minimum atomic E-state index is -4.48. The lowest BCUT2D eigenvalue weighted by Crippen LogP contribution is -2.18. The normalized spacial score (nSPS) is 13.2. The molecule has 1 atom stereocenters. The van der Waals surface area contributed by atoms with Crippen molar-refractivity contribution in [2.75, 3.05) is 6.61 Å². The molecule has 0 aliphatic rings. The van der Waals surface area contributed by atoms with Crippen molar-refractivity contribution in [1.82, 2.24) is 0 Å². The molecule has 0 aliphatic heterocycles. The van der Waals surface area contributed by atoms with Crippen molar-refractivity contribution in [2.24, 2.45) is 5.73 Å². The van der Waals surface area contributed by atoms with Crippen molar-refractivity contribution < 1.29 is 22.7 Å². The lowest BCUT2D eigenvalue weighted by Gasteiger charge is -2.15. The van der Waals surface area contributed by atoms with Crippen LogP contribution >= 0.6 is 11.6 Å². The minimum absolute atomic E-state index is 0.0737. The smallest absolute Gasteiger partial charge is 0.416 e. The molecular formula is C12H13ClF3NO2. The van der Waals surface area contributed by atoms with Crippen LogP contribution in [0.4, 0.5) is 13.2 Å². The van der Waals surface area contributed by atoms with Gasteiger partial charge in [-0.25, -0.2) is 0 Å². The van der Waals surface area contributed by atoms with E-state index in [0.717, 1.165) is 18.2 Å². The molecule has 3 nitrogen and oxygen atoms in total. The predicted octanol–water partition coefficient (Wildman–Crippen LogP) is 3.31. The Labute approximate surface area is 113 Å². The van der Waals surface area contributed by atoms with E-state index in [4.69, 9.17) is 17.3 Å². The van der Waals surface area contributed by atoms with Gasteiger partial charge in [-0.1, -0.05) is 11.6 Å². The molecule has 19 heavy (non-hydrogen) atoms. The molecule has 0 bridgehead atoms. The molecule has 0 radical (unpaired) electrons. The van der Waals surface area contributed by atoms with Crippen molar-refractivity contribution in [1.29, 1.82) is 0 Å². The van der Waals surface area contributed by atoms with E-state index in [2.05, 4.69) is 4.74 Å². The van der Waals surface area contributed by atoms with Crippen LogP contribution in [0.2, 0.25) is 5.02 Å². The van der Waals surface area contributed by atoms with Gasteiger partial charge in [0, 0.05) is 11.1 Å². The molecule has 2 N–H and O–H groups in total. The maximum absolute atomic E-state index is 12.6. The first kappa shape index (κ1) is 15.8. The van der Waals surface area contributed by atoms with Crippen LogP contribution < -0.4 is 5.73 Å². The molecule has 1 aromatic carbocycles. The first-order chi connectivity index (χ1) is 8.75. The molecule has 7 heteroatoms. The third-order valence-corrected chi connectivity index (χ3v) is 2.76. The number of hydrogen-bond acceptors (Lipinski definition) is 3. The van der Waals surface area contributed by atoms with Crippen LogP contribution in [0.3, 0.4) is 0 Å². The van der Waals surface area contributed by atoms with Crippen molar-refractivity contribution in [3.05, 3.63) is 34.3 Å². The Morgan fingerprint density at radius 2 is 2.11 bits per heavy atom. The monoisotopic (exact) mass is 295 g/mol. The van der Waals surface area contributed by atoms with Crippen molar-refractivity contribution >= 4 is 17.6 Å². The number of rotatable bonds is 4. The SMILES string of the molecule is CCOC(=O)C[C@H](N)c1cc(C(F)(F)F)ccc1Cl. The van der Waals surface area contributed by atoms with Crippen LogP contribution in [0.1, 0.15) is 30.5 Å². The van der Waals surface area contributed by atoms with E-state index in [-0.39, 0.29) is 23.6 Å². The van der Waals surface area contributed by atoms with Gasteiger partial charge in [-0.2, -0.15) is 13.2 Å². The van der Waals surface area contributed by atoms with E-state index in [1.165, 1.54) is 0 Å². The lowest BCUT2D eigenvalue weighted by atomic mass is 10.0. The summed E-state index contributed by atoms with van der Waals surface area (Å²) in [5.41, 5.74) is 4.90. The third-order valence-electron chi connectivity index (χ3n) is 2.41. The number of nitrogens with two attached hydrogens (primary N) is 1. The second-order valence-corrected chi connectivity index (χ2v) is 4.26. The zero-order chi connectivity index (χ0) is 14.6. The fourth-order valence-corrected chi connectivity index (χ4v) is 1.77. The molecule has 0 unspecified atom stereocenters. The van der Waals surface area contributed by atoms with Crippen molar-refractivity contribution in [2.45, 2.75) is 25.6 Å². The van der Waals surface area contributed by atoms with Gasteiger partial charge in [0.15, 0.2) is 0 Å². The summed E-state index contributed by atoms with van der Waals surface area (Å²) in [4.78, 5) is 11.3. The lowest BCUT2D eigenvalue weighted by molar-refractivity contribution is -0.143. The summed E-state index contributed by atoms with van der Waals surface area (Å²) >= 11 is 5.80. The Morgan fingerprint density at radius 3 is 2.63 bits per heavy atom. The van der Waals surface area contributed by atoms with E-state index < -0.39 is 23.8 Å². The average Bonchev–Trinajstić information content (AvgIpc) is 2.27. The molecule has 0 fully saturated rings. The van der Waals surface area contributed by atoms with Crippen molar-refractivity contribution in [3.8, 4) is 0 Å². The van der Waals surface area contributed by atoms with Gasteiger partial charge in [0.25, 0.3) is 0 Å². The van der Waals surface area contributed by atoms with E-state index in [1.54, 1.807) is 6.92 Å². The second-order valence-electron chi connectivity index (χ2n) is 3.85. The van der Waals surface area contributed by atoms with Gasteiger partial charge < -0.3 is 10.5 Å². The van der Waals surface area contributed by atoms with Gasteiger partial charge in [0.2, 0.25) is 0 Å². The highest BCUT2D eigenvalue weighted by Crippen LogP contribution is 2.33. The summed E-state index contributed by atoms with van der Waals surface area (Å²) < 4.78 is 42.4. The Morgan fingerprint density at radius 1 is 1.47 bits per heavy atom. The van der Waals surface area contributed by atoms with Crippen LogP contribution in [-0.2, 0) is 15.7 Å². The maximum atomic E-state index is 12.6. The fourth-order valence-electron chi connectivity index (χ4n) is 1.51. The van der Waals surface area contributed by atoms with Gasteiger partial charge in [-0.3, -0.25) is 4.79 Å². The molecule has 0 saturated carbocycles. The van der Waals surface area contributed by atoms with Gasteiger partial charge in [-0.05, 0) is 30.7 Å². The number of halogens is 4. The van der Waals surface area contributed by atoms with Gasteiger partial charge in [-0.15, -0.1) is 0 Å². The van der Waals surface area contributed by atoms with Gasteiger partial charge >= 0.3 is 12.1 Å². The van der Waals surface area contributed by atoms with Crippen LogP contribution in [0, 0.1) is 0 Å². The number of esters is 1. The zero-order valence-corrected chi connectivity index (χ0v) is 10.9. The molecule has 0 saturated heterocycles. The molecule has 0 heterocycles. The van der Waals surface area contributed by atoms with Crippen LogP contribution in [0.5, 0.6) is 0 Å². The number of ether oxygens (including phenoxy) is 1. The largest absolute Gasteiger partial charge is 0.466 e. The molecule has 106 valence electrons. The summed E-state index contributed by atoms with van der Waals surface area (Å²) in [6.45, 7) is 1.81. The Bertz CT molecular complexity index is 463. The molecule has 1 rings (SSSR count). The molecule has 0 amide bonds. The average molecular weight is 296 g/mol. The Balaban J connectivity index is 2.96. The zero-order valence-electron chi connectivity index (χ0n) is 10.1. The topological polar surface area (TPSA) is 52.3 Å². The number of hydrogen-bond donors (Lipinski definition) is 1. The van der Waals surface area contributed by atoms with Gasteiger partial charge in [0.1, 0.15) is 0 Å². The van der Waals surface area contributed by atoms with Crippen LogP contribution in [0.25, 0.3) is 0 Å². The molecule has 0 aromatic heterocycles. The van der Waals surface area contributed by atoms with E-state index in [1.807, 2.05) is 0 Å². The summed E-state index contributed by atoms with van der Waals surface area (Å²) in [5, 5.41) is 0.0878. The van der Waals surface area contributed by atoms with E-state index >= 15 is 0 Å². The fraction of sp³-hybridized carbons (Fsp3) is 0.417. The van der Waals surface area contributed by atoms with E-state index in [9.17, 15) is 18.0 Å². The highest BCUT2D eigenvalue weighted by atomic mass is 35.5. The van der Waals surface area contributed by atoms with Crippen molar-refractivity contribution in [3.63, 3.8) is 0 Å². The molecular weight excluding hydrogens is 283 g/mol. The first-order valence-electron chi connectivity index (χ1n) is 5.53. The summed E-state index contributed by atoms with van der Waals surface area (Å²) in [7, 11) is 0.